The normalized spacial score (nSPS) is 10.2. The first-order chi connectivity index (χ1) is 13.6. The van der Waals surface area contributed by atoms with Gasteiger partial charge in [-0.1, -0.05) is 32.3 Å². The highest BCUT2D eigenvalue weighted by molar-refractivity contribution is 5.95. The molecule has 2 aromatic rings. The number of rotatable bonds is 11. The molecular weight excluding hydrogens is 354 g/mol. The Kier molecular flexibility index (Phi) is 8.85. The second-order valence-electron chi connectivity index (χ2n) is 6.60. The molecule has 0 aliphatic heterocycles. The van der Waals surface area contributed by atoms with Gasteiger partial charge in [0.1, 0.15) is 5.75 Å². The minimum absolute atomic E-state index is 0.140. The van der Waals surface area contributed by atoms with Crippen LogP contribution in [0, 0.1) is 0 Å². The number of nitrogens with one attached hydrogen (secondary N) is 3. The van der Waals surface area contributed by atoms with Crippen LogP contribution in [0.4, 0.5) is 17.1 Å². The summed E-state index contributed by atoms with van der Waals surface area (Å²) in [4.78, 5) is 23.2. The van der Waals surface area contributed by atoms with Crippen LogP contribution in [0.2, 0.25) is 0 Å². The standard InChI is InChI=1S/C22H29N3O3/c1-3-4-5-6-14-28-21-12-10-18(11-13-21)23-16-22(27)25-20-9-7-8-19(15-20)24-17(2)26/h7-13,15,23H,3-6,14,16H2,1-2H3,(H,24,26)(H,25,27). The molecule has 0 atom stereocenters. The highest BCUT2D eigenvalue weighted by Gasteiger charge is 2.04. The summed E-state index contributed by atoms with van der Waals surface area (Å²) >= 11 is 0. The van der Waals surface area contributed by atoms with Gasteiger partial charge in [-0.2, -0.15) is 0 Å². The lowest BCUT2D eigenvalue weighted by molar-refractivity contribution is -0.115. The molecule has 3 N–H and O–H groups in total. The number of unbranched alkanes of at least 4 members (excludes halogenated alkanes) is 3. The van der Waals surface area contributed by atoms with Gasteiger partial charge in [-0.05, 0) is 48.9 Å². The van der Waals surface area contributed by atoms with E-state index >= 15 is 0 Å². The molecule has 2 amide bonds. The highest BCUT2D eigenvalue weighted by Crippen LogP contribution is 2.17. The Balaban J connectivity index is 1.74. The highest BCUT2D eigenvalue weighted by atomic mass is 16.5. The van der Waals surface area contributed by atoms with Crippen molar-refractivity contribution >= 4 is 28.9 Å². The maximum absolute atomic E-state index is 12.1. The van der Waals surface area contributed by atoms with Crippen molar-refractivity contribution in [2.75, 3.05) is 29.1 Å². The topological polar surface area (TPSA) is 79.5 Å². The minimum Gasteiger partial charge on any atom is -0.494 e. The van der Waals surface area contributed by atoms with Crippen LogP contribution in [-0.4, -0.2) is 25.0 Å². The average molecular weight is 383 g/mol. The molecule has 6 heteroatoms. The fourth-order valence-electron chi connectivity index (χ4n) is 2.65. The monoisotopic (exact) mass is 383 g/mol. The predicted octanol–water partition coefficient (Wildman–Crippen LogP) is 4.65. The lowest BCUT2D eigenvalue weighted by Gasteiger charge is -2.10. The van der Waals surface area contributed by atoms with Crippen molar-refractivity contribution in [1.82, 2.24) is 0 Å². The van der Waals surface area contributed by atoms with Gasteiger partial charge in [0, 0.05) is 24.0 Å². The van der Waals surface area contributed by atoms with E-state index in [2.05, 4.69) is 22.9 Å². The number of carbonyl (C=O) groups is 2. The largest absolute Gasteiger partial charge is 0.494 e. The van der Waals surface area contributed by atoms with Gasteiger partial charge in [0.05, 0.1) is 13.2 Å². The Morgan fingerprint density at radius 2 is 1.61 bits per heavy atom. The van der Waals surface area contributed by atoms with Crippen molar-refractivity contribution in [2.24, 2.45) is 0 Å². The summed E-state index contributed by atoms with van der Waals surface area (Å²) in [5.74, 6) is 0.510. The lowest BCUT2D eigenvalue weighted by Crippen LogP contribution is -2.21. The molecule has 0 aliphatic rings. The molecule has 6 nitrogen and oxygen atoms in total. The molecule has 0 fully saturated rings. The van der Waals surface area contributed by atoms with Crippen molar-refractivity contribution in [3.05, 3.63) is 48.5 Å². The van der Waals surface area contributed by atoms with Crippen molar-refractivity contribution in [3.63, 3.8) is 0 Å². The van der Waals surface area contributed by atoms with Crippen LogP contribution in [0.25, 0.3) is 0 Å². The Bertz CT molecular complexity index is 760. The average Bonchev–Trinajstić information content (AvgIpc) is 2.67. The first kappa shape index (κ1) is 21.3. The van der Waals surface area contributed by atoms with Gasteiger partial charge in [-0.15, -0.1) is 0 Å². The molecule has 2 aromatic carbocycles. The van der Waals surface area contributed by atoms with Crippen LogP contribution in [-0.2, 0) is 9.59 Å². The quantitative estimate of drug-likeness (QED) is 0.493. The summed E-state index contributed by atoms with van der Waals surface area (Å²) < 4.78 is 5.71. The third-order valence-corrected chi connectivity index (χ3v) is 4.04. The van der Waals surface area contributed by atoms with Gasteiger partial charge in [0.15, 0.2) is 0 Å². The van der Waals surface area contributed by atoms with Crippen LogP contribution in [0.1, 0.15) is 39.5 Å². The lowest BCUT2D eigenvalue weighted by atomic mass is 10.2. The number of anilines is 3. The van der Waals surface area contributed by atoms with E-state index in [9.17, 15) is 9.59 Å². The molecular formula is C22H29N3O3. The third-order valence-electron chi connectivity index (χ3n) is 4.04. The number of hydrogen-bond donors (Lipinski definition) is 3. The maximum atomic E-state index is 12.1. The summed E-state index contributed by atoms with van der Waals surface area (Å²) in [6.45, 7) is 4.50. The molecule has 2 rings (SSSR count). The van der Waals surface area contributed by atoms with E-state index in [0.717, 1.165) is 24.5 Å². The van der Waals surface area contributed by atoms with E-state index in [-0.39, 0.29) is 18.4 Å². The Morgan fingerprint density at radius 1 is 0.893 bits per heavy atom. The molecule has 0 heterocycles. The number of amides is 2. The van der Waals surface area contributed by atoms with Crippen LogP contribution < -0.4 is 20.7 Å². The van der Waals surface area contributed by atoms with Crippen molar-refractivity contribution in [1.29, 1.82) is 0 Å². The molecule has 0 aromatic heterocycles. The summed E-state index contributed by atoms with van der Waals surface area (Å²) in [6.07, 6.45) is 4.72. The number of ether oxygens (including phenoxy) is 1. The van der Waals surface area contributed by atoms with Crippen molar-refractivity contribution in [2.45, 2.75) is 39.5 Å². The second kappa shape index (κ2) is 11.6. The van der Waals surface area contributed by atoms with E-state index in [1.165, 1.54) is 26.2 Å². The number of benzene rings is 2. The summed E-state index contributed by atoms with van der Waals surface area (Å²) in [7, 11) is 0. The van der Waals surface area contributed by atoms with Crippen LogP contribution in [0.5, 0.6) is 5.75 Å². The molecule has 0 bridgehead atoms. The molecule has 0 spiro atoms. The molecule has 28 heavy (non-hydrogen) atoms. The zero-order valence-corrected chi connectivity index (χ0v) is 16.6. The van der Waals surface area contributed by atoms with Gasteiger partial charge in [0.2, 0.25) is 11.8 Å². The van der Waals surface area contributed by atoms with E-state index in [4.69, 9.17) is 4.74 Å². The molecule has 0 saturated heterocycles. The van der Waals surface area contributed by atoms with E-state index < -0.39 is 0 Å². The van der Waals surface area contributed by atoms with E-state index in [0.29, 0.717) is 11.4 Å². The van der Waals surface area contributed by atoms with E-state index in [1.54, 1.807) is 24.3 Å². The zero-order valence-electron chi connectivity index (χ0n) is 16.6. The Labute approximate surface area is 166 Å². The first-order valence-electron chi connectivity index (χ1n) is 9.71. The van der Waals surface area contributed by atoms with Gasteiger partial charge < -0.3 is 20.7 Å². The number of carbonyl (C=O) groups excluding carboxylic acids is 2. The number of hydrogen-bond acceptors (Lipinski definition) is 4. The second-order valence-corrected chi connectivity index (χ2v) is 6.60. The predicted molar refractivity (Wildman–Crippen MR) is 114 cm³/mol. The molecule has 0 aliphatic carbocycles. The zero-order chi connectivity index (χ0) is 20.2. The Hall–Kier alpha value is -3.02. The van der Waals surface area contributed by atoms with Crippen LogP contribution >= 0.6 is 0 Å². The van der Waals surface area contributed by atoms with Gasteiger partial charge in [0.25, 0.3) is 0 Å². The molecule has 0 saturated carbocycles. The van der Waals surface area contributed by atoms with Gasteiger partial charge in [-0.3, -0.25) is 9.59 Å². The molecule has 0 radical (unpaired) electrons. The van der Waals surface area contributed by atoms with Crippen molar-refractivity contribution < 1.29 is 14.3 Å². The van der Waals surface area contributed by atoms with Crippen molar-refractivity contribution in [3.8, 4) is 5.75 Å². The van der Waals surface area contributed by atoms with Crippen LogP contribution in [0.3, 0.4) is 0 Å². The van der Waals surface area contributed by atoms with Gasteiger partial charge in [-0.25, -0.2) is 0 Å². The van der Waals surface area contributed by atoms with E-state index in [1.807, 2.05) is 24.3 Å². The molecule has 150 valence electrons. The Morgan fingerprint density at radius 3 is 2.29 bits per heavy atom. The van der Waals surface area contributed by atoms with Crippen LogP contribution in [0.15, 0.2) is 48.5 Å². The maximum Gasteiger partial charge on any atom is 0.243 e. The summed E-state index contributed by atoms with van der Waals surface area (Å²) in [5, 5.41) is 8.58. The summed E-state index contributed by atoms with van der Waals surface area (Å²) in [6, 6.07) is 14.6. The fraction of sp³-hybridized carbons (Fsp3) is 0.364. The molecule has 0 unspecified atom stereocenters. The SMILES string of the molecule is CCCCCCOc1ccc(NCC(=O)Nc2cccc(NC(C)=O)c2)cc1. The van der Waals surface area contributed by atoms with Gasteiger partial charge >= 0.3 is 0 Å². The first-order valence-corrected chi connectivity index (χ1v) is 9.71. The minimum atomic E-state index is -0.170. The summed E-state index contributed by atoms with van der Waals surface area (Å²) in [5.41, 5.74) is 2.12. The smallest absolute Gasteiger partial charge is 0.243 e. The third kappa shape index (κ3) is 8.12. The fourth-order valence-corrected chi connectivity index (χ4v) is 2.65.